The minimum atomic E-state index is -1.03. The molecular formula is C18H20N4O3. The van der Waals surface area contributed by atoms with Gasteiger partial charge in [-0.05, 0) is 48.7 Å². The summed E-state index contributed by atoms with van der Waals surface area (Å²) in [5, 5.41) is 12.9. The Morgan fingerprint density at radius 1 is 1.08 bits per heavy atom. The number of hydrogen-bond donors (Lipinski definition) is 4. The molecule has 0 saturated carbocycles. The molecule has 0 heterocycles. The van der Waals surface area contributed by atoms with Crippen molar-refractivity contribution in [1.82, 2.24) is 5.43 Å². The quantitative estimate of drug-likeness (QED) is 0.358. The number of carbonyl (C=O) groups excluding carboxylic acids is 1. The molecule has 0 aromatic heterocycles. The summed E-state index contributed by atoms with van der Waals surface area (Å²) in [5.74, 6) is -1.37. The van der Waals surface area contributed by atoms with Gasteiger partial charge in [0.05, 0.1) is 5.71 Å². The van der Waals surface area contributed by atoms with Crippen molar-refractivity contribution in [1.29, 1.82) is 0 Å². The second-order valence-electron chi connectivity index (χ2n) is 5.61. The molecule has 0 aliphatic carbocycles. The summed E-state index contributed by atoms with van der Waals surface area (Å²) in [4.78, 5) is 22.8. The monoisotopic (exact) mass is 340 g/mol. The Morgan fingerprint density at radius 2 is 1.64 bits per heavy atom. The topological polar surface area (TPSA) is 131 Å². The lowest BCUT2D eigenvalue weighted by Gasteiger charge is -2.08. The van der Waals surface area contributed by atoms with Crippen LogP contribution in [0.15, 0.2) is 53.6 Å². The number of anilines is 1. The highest BCUT2D eigenvalue weighted by Gasteiger charge is 2.12. The van der Waals surface area contributed by atoms with E-state index < -0.39 is 12.0 Å². The van der Waals surface area contributed by atoms with Crippen molar-refractivity contribution in [2.45, 2.75) is 19.4 Å². The van der Waals surface area contributed by atoms with Crippen molar-refractivity contribution in [2.75, 3.05) is 5.73 Å². The van der Waals surface area contributed by atoms with Crippen LogP contribution < -0.4 is 16.9 Å². The van der Waals surface area contributed by atoms with E-state index >= 15 is 0 Å². The predicted molar refractivity (Wildman–Crippen MR) is 96.3 cm³/mol. The van der Waals surface area contributed by atoms with Crippen LogP contribution in [0.5, 0.6) is 0 Å². The van der Waals surface area contributed by atoms with Crippen molar-refractivity contribution in [3.63, 3.8) is 0 Å². The van der Waals surface area contributed by atoms with Gasteiger partial charge in [-0.3, -0.25) is 9.59 Å². The molecule has 0 radical (unpaired) electrons. The molecule has 2 rings (SSSR count). The summed E-state index contributed by atoms with van der Waals surface area (Å²) in [6.45, 7) is 1.77. The number of benzene rings is 2. The van der Waals surface area contributed by atoms with Gasteiger partial charge >= 0.3 is 5.97 Å². The highest BCUT2D eigenvalue weighted by atomic mass is 16.4. The molecule has 130 valence electrons. The average molecular weight is 340 g/mol. The first-order valence-electron chi connectivity index (χ1n) is 7.64. The van der Waals surface area contributed by atoms with Crippen LogP contribution in [-0.2, 0) is 11.2 Å². The van der Waals surface area contributed by atoms with Gasteiger partial charge in [0.2, 0.25) is 0 Å². The predicted octanol–water partition coefficient (Wildman–Crippen LogP) is 1.38. The second-order valence-corrected chi connectivity index (χ2v) is 5.61. The summed E-state index contributed by atoms with van der Waals surface area (Å²) < 4.78 is 0. The van der Waals surface area contributed by atoms with Crippen LogP contribution in [-0.4, -0.2) is 28.7 Å². The Labute approximate surface area is 145 Å². The van der Waals surface area contributed by atoms with Crippen LogP contribution >= 0.6 is 0 Å². The van der Waals surface area contributed by atoms with Gasteiger partial charge in [0.1, 0.15) is 6.04 Å². The number of nitrogens with two attached hydrogens (primary N) is 2. The van der Waals surface area contributed by atoms with Gasteiger partial charge in [-0.15, -0.1) is 0 Å². The van der Waals surface area contributed by atoms with Crippen LogP contribution in [0, 0.1) is 0 Å². The number of amides is 1. The smallest absolute Gasteiger partial charge is 0.320 e. The first-order valence-corrected chi connectivity index (χ1v) is 7.64. The third-order valence-corrected chi connectivity index (χ3v) is 3.64. The zero-order valence-corrected chi connectivity index (χ0v) is 13.8. The van der Waals surface area contributed by atoms with Gasteiger partial charge < -0.3 is 16.6 Å². The fraction of sp³-hybridized carbons (Fsp3) is 0.167. The Hall–Kier alpha value is -3.19. The van der Waals surface area contributed by atoms with Crippen LogP contribution in [0.2, 0.25) is 0 Å². The van der Waals surface area contributed by atoms with Crippen molar-refractivity contribution < 1.29 is 14.7 Å². The number of hydrazone groups is 1. The fourth-order valence-corrected chi connectivity index (χ4v) is 2.12. The summed E-state index contributed by atoms with van der Waals surface area (Å²) in [7, 11) is 0. The maximum absolute atomic E-state index is 12.0. The highest BCUT2D eigenvalue weighted by molar-refractivity contribution is 6.00. The molecular weight excluding hydrogens is 320 g/mol. The Bertz CT molecular complexity index is 783. The fourth-order valence-electron chi connectivity index (χ4n) is 2.12. The summed E-state index contributed by atoms with van der Waals surface area (Å²) in [6, 6.07) is 12.8. The van der Waals surface area contributed by atoms with Gasteiger partial charge in [0, 0.05) is 11.3 Å². The van der Waals surface area contributed by atoms with E-state index in [-0.39, 0.29) is 12.3 Å². The van der Waals surface area contributed by atoms with E-state index in [2.05, 4.69) is 10.5 Å². The third kappa shape index (κ3) is 5.15. The molecule has 0 fully saturated rings. The number of nitrogen functional groups attached to an aromatic ring is 1. The lowest BCUT2D eigenvalue weighted by molar-refractivity contribution is -0.138. The molecule has 2 aromatic rings. The maximum atomic E-state index is 12.0. The number of nitrogens with one attached hydrogen (secondary N) is 1. The molecule has 0 aliphatic rings. The van der Waals surface area contributed by atoms with E-state index in [9.17, 15) is 9.59 Å². The number of carboxylic acid groups (broad SMARTS) is 1. The molecule has 2 aromatic carbocycles. The largest absolute Gasteiger partial charge is 0.480 e. The number of rotatable bonds is 6. The van der Waals surface area contributed by atoms with Crippen molar-refractivity contribution in [3.8, 4) is 0 Å². The average Bonchev–Trinajstić information content (AvgIpc) is 2.60. The third-order valence-electron chi connectivity index (χ3n) is 3.64. The zero-order valence-electron chi connectivity index (χ0n) is 13.8. The first kappa shape index (κ1) is 18.2. The second kappa shape index (κ2) is 8.07. The van der Waals surface area contributed by atoms with E-state index in [1.54, 1.807) is 55.5 Å². The van der Waals surface area contributed by atoms with E-state index in [1.807, 2.05) is 0 Å². The van der Waals surface area contributed by atoms with E-state index in [0.717, 1.165) is 11.1 Å². The summed E-state index contributed by atoms with van der Waals surface area (Å²) in [5.41, 5.74) is 16.9. The minimum absolute atomic E-state index is 0.250. The molecule has 25 heavy (non-hydrogen) atoms. The molecule has 1 atom stereocenters. The zero-order chi connectivity index (χ0) is 18.4. The normalized spacial score (nSPS) is 12.5. The minimum Gasteiger partial charge on any atom is -0.480 e. The standard InChI is InChI=1S/C18H20N4O3/c1-11(21-22-17(23)14-6-8-15(19)9-7-14)13-4-2-12(3-5-13)10-16(20)18(24)25/h2-9,16H,10,19-20H2,1H3,(H,22,23)(H,24,25)/t16-/m0/s1. The van der Waals surface area contributed by atoms with Crippen molar-refractivity contribution in [2.24, 2.45) is 10.8 Å². The summed E-state index contributed by atoms with van der Waals surface area (Å²) in [6.07, 6.45) is 0.250. The first-order chi connectivity index (χ1) is 11.9. The van der Waals surface area contributed by atoms with Gasteiger partial charge in [-0.1, -0.05) is 24.3 Å². The molecule has 1 amide bonds. The Balaban J connectivity index is 2.00. The van der Waals surface area contributed by atoms with Crippen molar-refractivity contribution >= 4 is 23.3 Å². The molecule has 0 aliphatic heterocycles. The lowest BCUT2D eigenvalue weighted by Crippen LogP contribution is -2.32. The molecule has 0 bridgehead atoms. The molecule has 7 nitrogen and oxygen atoms in total. The summed E-state index contributed by atoms with van der Waals surface area (Å²) >= 11 is 0. The van der Waals surface area contributed by atoms with Crippen molar-refractivity contribution in [3.05, 3.63) is 65.2 Å². The van der Waals surface area contributed by atoms with Crippen LogP contribution in [0.1, 0.15) is 28.4 Å². The molecule has 6 N–H and O–H groups in total. The van der Waals surface area contributed by atoms with Gasteiger partial charge in [0.15, 0.2) is 0 Å². The Kier molecular flexibility index (Phi) is 5.86. The van der Waals surface area contributed by atoms with Crippen LogP contribution in [0.25, 0.3) is 0 Å². The molecule has 0 unspecified atom stereocenters. The van der Waals surface area contributed by atoms with E-state index in [4.69, 9.17) is 16.6 Å². The van der Waals surface area contributed by atoms with Crippen LogP contribution in [0.3, 0.4) is 0 Å². The number of hydrogen-bond acceptors (Lipinski definition) is 5. The molecule has 0 spiro atoms. The van der Waals surface area contributed by atoms with Gasteiger partial charge in [0.25, 0.3) is 5.91 Å². The number of carbonyl (C=O) groups is 2. The number of nitrogens with zero attached hydrogens (tertiary/aromatic N) is 1. The molecule has 0 saturated heterocycles. The number of carboxylic acids is 1. The SMILES string of the molecule is CC(=NNC(=O)c1ccc(N)cc1)c1ccc(C[C@H](N)C(=O)O)cc1. The van der Waals surface area contributed by atoms with E-state index in [1.165, 1.54) is 0 Å². The number of aliphatic carboxylic acids is 1. The van der Waals surface area contributed by atoms with Crippen LogP contribution in [0.4, 0.5) is 5.69 Å². The Morgan fingerprint density at radius 3 is 2.20 bits per heavy atom. The van der Waals surface area contributed by atoms with E-state index in [0.29, 0.717) is 17.0 Å². The molecule has 7 heteroatoms. The lowest BCUT2D eigenvalue weighted by atomic mass is 10.0. The van der Waals surface area contributed by atoms with Gasteiger partial charge in [-0.25, -0.2) is 5.43 Å². The maximum Gasteiger partial charge on any atom is 0.320 e. The van der Waals surface area contributed by atoms with Gasteiger partial charge in [-0.2, -0.15) is 5.10 Å². The highest BCUT2D eigenvalue weighted by Crippen LogP contribution is 2.08.